The van der Waals surface area contributed by atoms with Crippen molar-refractivity contribution in [2.45, 2.75) is 6.92 Å². The maximum atomic E-state index is 12.0. The molecule has 2 nitrogen and oxygen atoms in total. The number of aromatic nitrogens is 1. The van der Waals surface area contributed by atoms with Crippen LogP contribution < -0.4 is 0 Å². The smallest absolute Gasteiger partial charge is 0.221 e. The number of rotatable bonds is 2. The van der Waals surface area contributed by atoms with Gasteiger partial charge in [-0.1, -0.05) is 15.9 Å². The van der Waals surface area contributed by atoms with Crippen molar-refractivity contribution in [2.75, 3.05) is 0 Å². The van der Waals surface area contributed by atoms with E-state index in [1.54, 1.807) is 11.6 Å². The van der Waals surface area contributed by atoms with Crippen LogP contribution in [0.2, 0.25) is 0 Å². The van der Waals surface area contributed by atoms with Gasteiger partial charge in [-0.2, -0.15) is 0 Å². The summed E-state index contributed by atoms with van der Waals surface area (Å²) in [5.74, 6) is -0.00463. The Kier molecular flexibility index (Phi) is 2.98. The van der Waals surface area contributed by atoms with Crippen molar-refractivity contribution >= 4 is 33.0 Å². The van der Waals surface area contributed by atoms with E-state index in [-0.39, 0.29) is 5.78 Å². The zero-order valence-corrected chi connectivity index (χ0v) is 10.4. The molecule has 2 rings (SSSR count). The van der Waals surface area contributed by atoms with Crippen LogP contribution in [0.3, 0.4) is 0 Å². The third kappa shape index (κ3) is 2.16. The highest BCUT2D eigenvalue weighted by Crippen LogP contribution is 2.19. The van der Waals surface area contributed by atoms with Gasteiger partial charge in [0.2, 0.25) is 5.78 Å². The van der Waals surface area contributed by atoms with Crippen LogP contribution >= 0.6 is 27.3 Å². The Balaban J connectivity index is 2.42. The first-order chi connectivity index (χ1) is 7.18. The molecule has 2 aromatic rings. The van der Waals surface area contributed by atoms with Gasteiger partial charge >= 0.3 is 0 Å². The van der Waals surface area contributed by atoms with Gasteiger partial charge in [0.1, 0.15) is 0 Å². The second kappa shape index (κ2) is 4.24. The Hall–Kier alpha value is -1.00. The molecule has 0 N–H and O–H groups in total. The number of hydrogen-bond donors (Lipinski definition) is 0. The van der Waals surface area contributed by atoms with E-state index in [1.807, 2.05) is 25.1 Å². The van der Waals surface area contributed by atoms with Crippen molar-refractivity contribution in [3.63, 3.8) is 0 Å². The van der Waals surface area contributed by atoms with Crippen molar-refractivity contribution in [2.24, 2.45) is 0 Å². The first kappa shape index (κ1) is 10.5. The van der Waals surface area contributed by atoms with E-state index in [2.05, 4.69) is 20.9 Å². The molecule has 1 aromatic carbocycles. The van der Waals surface area contributed by atoms with Gasteiger partial charge in [-0.3, -0.25) is 4.79 Å². The van der Waals surface area contributed by atoms with Gasteiger partial charge in [0, 0.05) is 21.6 Å². The van der Waals surface area contributed by atoms with Crippen LogP contribution in [0.4, 0.5) is 0 Å². The number of carbonyl (C=O) groups is 1. The van der Waals surface area contributed by atoms with Gasteiger partial charge < -0.3 is 0 Å². The summed E-state index contributed by atoms with van der Waals surface area (Å²) in [6, 6.07) is 5.62. The SMILES string of the molecule is Cc1cc(Br)ccc1C(=O)c1nccs1. The average Bonchev–Trinajstić information content (AvgIpc) is 2.69. The largest absolute Gasteiger partial charge is 0.286 e. The Morgan fingerprint density at radius 2 is 2.27 bits per heavy atom. The number of hydrogen-bond acceptors (Lipinski definition) is 3. The van der Waals surface area contributed by atoms with Crippen molar-refractivity contribution in [1.29, 1.82) is 0 Å². The minimum absolute atomic E-state index is 0.00463. The average molecular weight is 282 g/mol. The van der Waals surface area contributed by atoms with E-state index in [4.69, 9.17) is 0 Å². The predicted molar refractivity (Wildman–Crippen MR) is 64.4 cm³/mol. The van der Waals surface area contributed by atoms with Gasteiger partial charge in [0.05, 0.1) is 0 Å². The Morgan fingerprint density at radius 1 is 1.47 bits per heavy atom. The summed E-state index contributed by atoms with van der Waals surface area (Å²) in [4.78, 5) is 16.0. The molecule has 76 valence electrons. The van der Waals surface area contributed by atoms with Crippen LogP contribution in [-0.2, 0) is 0 Å². The normalized spacial score (nSPS) is 10.3. The monoisotopic (exact) mass is 281 g/mol. The van der Waals surface area contributed by atoms with E-state index in [1.165, 1.54) is 11.3 Å². The molecule has 1 aromatic heterocycles. The molecule has 0 spiro atoms. The molecule has 0 aliphatic rings. The number of halogens is 1. The fourth-order valence-electron chi connectivity index (χ4n) is 1.33. The molecule has 0 saturated carbocycles. The molecule has 0 bridgehead atoms. The number of carbonyl (C=O) groups excluding carboxylic acids is 1. The maximum Gasteiger partial charge on any atom is 0.221 e. The number of thiazole rings is 1. The van der Waals surface area contributed by atoms with Gasteiger partial charge in [-0.15, -0.1) is 11.3 Å². The highest BCUT2D eigenvalue weighted by Gasteiger charge is 2.13. The fraction of sp³-hybridized carbons (Fsp3) is 0.0909. The summed E-state index contributed by atoms with van der Waals surface area (Å²) >= 11 is 4.74. The van der Waals surface area contributed by atoms with Crippen molar-refractivity contribution in [3.05, 3.63) is 50.4 Å². The molecular weight excluding hydrogens is 274 g/mol. The predicted octanol–water partition coefficient (Wildman–Crippen LogP) is 3.45. The van der Waals surface area contributed by atoms with Crippen LogP contribution in [0.15, 0.2) is 34.2 Å². The lowest BCUT2D eigenvalue weighted by molar-refractivity contribution is 0.103. The Bertz CT molecular complexity index is 493. The summed E-state index contributed by atoms with van der Waals surface area (Å²) in [5, 5.41) is 2.35. The van der Waals surface area contributed by atoms with Gasteiger partial charge in [-0.05, 0) is 30.7 Å². The van der Waals surface area contributed by atoms with Gasteiger partial charge in [-0.25, -0.2) is 4.98 Å². The second-order valence-electron chi connectivity index (χ2n) is 3.13. The molecule has 0 amide bonds. The number of benzene rings is 1. The van der Waals surface area contributed by atoms with Gasteiger partial charge in [0.15, 0.2) is 5.01 Å². The Morgan fingerprint density at radius 3 is 2.87 bits per heavy atom. The third-order valence-corrected chi connectivity index (χ3v) is 3.32. The molecule has 1 heterocycles. The molecule has 0 atom stereocenters. The molecule has 0 radical (unpaired) electrons. The fourth-order valence-corrected chi connectivity index (χ4v) is 2.40. The number of aryl methyl sites for hydroxylation is 1. The summed E-state index contributed by atoms with van der Waals surface area (Å²) in [7, 11) is 0. The molecule has 0 fully saturated rings. The zero-order valence-electron chi connectivity index (χ0n) is 8.03. The number of ketones is 1. The molecule has 0 unspecified atom stereocenters. The Labute approximate surface area is 100 Å². The highest BCUT2D eigenvalue weighted by molar-refractivity contribution is 9.10. The van der Waals surface area contributed by atoms with Crippen molar-refractivity contribution in [1.82, 2.24) is 4.98 Å². The van der Waals surface area contributed by atoms with Crippen LogP contribution in [0, 0.1) is 6.92 Å². The van der Waals surface area contributed by atoms with Gasteiger partial charge in [0.25, 0.3) is 0 Å². The molecule has 0 saturated heterocycles. The lowest BCUT2D eigenvalue weighted by Crippen LogP contribution is -2.02. The maximum absolute atomic E-state index is 12.0. The minimum atomic E-state index is -0.00463. The topological polar surface area (TPSA) is 30.0 Å². The first-order valence-corrected chi connectivity index (χ1v) is 6.06. The second-order valence-corrected chi connectivity index (χ2v) is 4.94. The van der Waals surface area contributed by atoms with E-state index >= 15 is 0 Å². The van der Waals surface area contributed by atoms with Crippen LogP contribution in [0.5, 0.6) is 0 Å². The summed E-state index contributed by atoms with van der Waals surface area (Å²) in [5.41, 5.74) is 1.68. The van der Waals surface area contributed by atoms with E-state index < -0.39 is 0 Å². The summed E-state index contributed by atoms with van der Waals surface area (Å²) < 4.78 is 0.982. The molecule has 15 heavy (non-hydrogen) atoms. The third-order valence-electron chi connectivity index (χ3n) is 2.06. The van der Waals surface area contributed by atoms with Crippen LogP contribution in [0.1, 0.15) is 20.9 Å². The van der Waals surface area contributed by atoms with E-state index in [0.717, 1.165) is 10.0 Å². The van der Waals surface area contributed by atoms with Crippen molar-refractivity contribution in [3.8, 4) is 0 Å². The molecule has 0 aliphatic heterocycles. The quantitative estimate of drug-likeness (QED) is 0.790. The minimum Gasteiger partial charge on any atom is -0.286 e. The lowest BCUT2D eigenvalue weighted by atomic mass is 10.1. The van der Waals surface area contributed by atoms with Crippen LogP contribution in [0.25, 0.3) is 0 Å². The van der Waals surface area contributed by atoms with E-state index in [0.29, 0.717) is 10.6 Å². The van der Waals surface area contributed by atoms with Crippen molar-refractivity contribution < 1.29 is 4.79 Å². The first-order valence-electron chi connectivity index (χ1n) is 4.39. The highest BCUT2D eigenvalue weighted by atomic mass is 79.9. The molecule has 0 aliphatic carbocycles. The molecular formula is C11H8BrNOS. The lowest BCUT2D eigenvalue weighted by Gasteiger charge is -2.02. The summed E-state index contributed by atoms with van der Waals surface area (Å²) in [6.07, 6.45) is 1.64. The molecule has 4 heteroatoms. The zero-order chi connectivity index (χ0) is 10.8. The number of nitrogens with zero attached hydrogens (tertiary/aromatic N) is 1. The van der Waals surface area contributed by atoms with Crippen LogP contribution in [-0.4, -0.2) is 10.8 Å². The van der Waals surface area contributed by atoms with E-state index in [9.17, 15) is 4.79 Å². The standard InChI is InChI=1S/C11H8BrNOS/c1-7-6-8(12)2-3-9(7)10(14)11-13-4-5-15-11/h2-6H,1H3. The summed E-state index contributed by atoms with van der Waals surface area (Å²) in [6.45, 7) is 1.92.